The molecule has 0 aliphatic rings. The number of benzene rings is 2. The zero-order chi connectivity index (χ0) is 21.4. The van der Waals surface area contributed by atoms with E-state index in [2.05, 4.69) is 10.6 Å². The van der Waals surface area contributed by atoms with Crippen molar-refractivity contribution in [2.75, 3.05) is 11.9 Å². The van der Waals surface area contributed by atoms with E-state index >= 15 is 0 Å². The Morgan fingerprint density at radius 3 is 2.41 bits per heavy atom. The van der Waals surface area contributed by atoms with Gasteiger partial charge in [0, 0.05) is 30.4 Å². The van der Waals surface area contributed by atoms with Gasteiger partial charge >= 0.3 is 5.97 Å². The van der Waals surface area contributed by atoms with Gasteiger partial charge in [0.1, 0.15) is 0 Å². The van der Waals surface area contributed by atoms with E-state index < -0.39 is 23.4 Å². The van der Waals surface area contributed by atoms with Gasteiger partial charge in [-0.25, -0.2) is 4.79 Å². The van der Waals surface area contributed by atoms with Crippen molar-refractivity contribution in [1.82, 2.24) is 5.32 Å². The Labute approximate surface area is 169 Å². The normalized spacial score (nSPS) is 11.6. The molecule has 0 bridgehead atoms. The first kappa shape index (κ1) is 21.9. The first-order valence-corrected chi connectivity index (χ1v) is 9.30. The highest BCUT2D eigenvalue weighted by Crippen LogP contribution is 2.23. The lowest BCUT2D eigenvalue weighted by Gasteiger charge is -2.17. The lowest BCUT2D eigenvalue weighted by atomic mass is 10.1. The van der Waals surface area contributed by atoms with E-state index in [-0.39, 0.29) is 23.2 Å². The van der Waals surface area contributed by atoms with Gasteiger partial charge in [0.25, 0.3) is 11.6 Å². The number of amides is 1. The van der Waals surface area contributed by atoms with Crippen molar-refractivity contribution in [3.8, 4) is 0 Å². The Bertz CT molecular complexity index is 868. The molecule has 0 heterocycles. The lowest BCUT2D eigenvalue weighted by Crippen LogP contribution is -2.38. The van der Waals surface area contributed by atoms with Gasteiger partial charge in [-0.2, -0.15) is 0 Å². The third kappa shape index (κ3) is 6.60. The van der Waals surface area contributed by atoms with E-state index in [9.17, 15) is 19.7 Å². The molecule has 1 atom stereocenters. The van der Waals surface area contributed by atoms with Crippen molar-refractivity contribution in [3.63, 3.8) is 0 Å². The number of hydrogen-bond acceptors (Lipinski definition) is 6. The molecule has 0 spiro atoms. The predicted molar refractivity (Wildman–Crippen MR) is 110 cm³/mol. The Kier molecular flexibility index (Phi) is 7.70. The number of carbonyl (C=O) groups excluding carboxylic acids is 2. The van der Waals surface area contributed by atoms with Gasteiger partial charge in [-0.1, -0.05) is 44.2 Å². The molecule has 0 unspecified atom stereocenters. The number of esters is 1. The van der Waals surface area contributed by atoms with Crippen LogP contribution in [0, 0.1) is 16.0 Å². The van der Waals surface area contributed by atoms with Crippen molar-refractivity contribution >= 4 is 23.3 Å². The second kappa shape index (κ2) is 10.2. The Balaban J connectivity index is 2.10. The number of carbonyl (C=O) groups is 2. The first-order chi connectivity index (χ1) is 13.8. The highest BCUT2D eigenvalue weighted by atomic mass is 16.6. The minimum absolute atomic E-state index is 0.000149. The minimum Gasteiger partial charge on any atom is -0.452 e. The molecule has 0 radical (unpaired) electrons. The molecule has 8 heteroatoms. The highest BCUT2D eigenvalue weighted by Gasteiger charge is 2.20. The second-order valence-electron chi connectivity index (χ2n) is 7.00. The number of nitrogens with zero attached hydrogens (tertiary/aromatic N) is 1. The number of ether oxygens (including phenoxy) is 1. The van der Waals surface area contributed by atoms with Crippen LogP contribution in [0.15, 0.2) is 48.5 Å². The summed E-state index contributed by atoms with van der Waals surface area (Å²) in [7, 11) is 0. The molecule has 8 nitrogen and oxygen atoms in total. The van der Waals surface area contributed by atoms with E-state index in [0.717, 1.165) is 11.6 Å². The van der Waals surface area contributed by atoms with Crippen LogP contribution in [0.3, 0.4) is 0 Å². The molecular weight excluding hydrogens is 374 g/mol. The van der Waals surface area contributed by atoms with E-state index in [1.807, 2.05) is 51.1 Å². The summed E-state index contributed by atoms with van der Waals surface area (Å²) in [4.78, 5) is 35.0. The molecule has 2 aromatic rings. The fourth-order valence-electron chi connectivity index (χ4n) is 2.43. The average Bonchev–Trinajstić information content (AvgIpc) is 2.70. The second-order valence-corrected chi connectivity index (χ2v) is 7.00. The smallest absolute Gasteiger partial charge is 0.341 e. The Hall–Kier alpha value is -3.42. The summed E-state index contributed by atoms with van der Waals surface area (Å²) >= 11 is 0. The van der Waals surface area contributed by atoms with Crippen LogP contribution >= 0.6 is 0 Å². The van der Waals surface area contributed by atoms with Crippen LogP contribution in [0.25, 0.3) is 0 Å². The first-order valence-electron chi connectivity index (χ1n) is 9.30. The summed E-state index contributed by atoms with van der Waals surface area (Å²) in [6.07, 6.45) is 0. The van der Waals surface area contributed by atoms with Gasteiger partial charge in [0.2, 0.25) is 0 Å². The van der Waals surface area contributed by atoms with Crippen molar-refractivity contribution in [3.05, 3.63) is 69.8 Å². The highest BCUT2D eigenvalue weighted by molar-refractivity contribution is 5.97. The number of nitro groups is 1. The SMILES string of the molecule is CC(C)[C@@H](C)NC(=O)COC(=O)c1cc([N+](=O)[O-])ccc1NCc1ccccc1. The van der Waals surface area contributed by atoms with Gasteiger partial charge in [-0.05, 0) is 24.5 Å². The van der Waals surface area contributed by atoms with Gasteiger partial charge in [-0.3, -0.25) is 14.9 Å². The molecule has 0 aliphatic carbocycles. The molecule has 0 aromatic heterocycles. The van der Waals surface area contributed by atoms with Crippen LogP contribution in [-0.4, -0.2) is 29.4 Å². The van der Waals surface area contributed by atoms with Crippen LogP contribution in [0.4, 0.5) is 11.4 Å². The monoisotopic (exact) mass is 399 g/mol. The fraction of sp³-hybridized carbons (Fsp3) is 0.333. The minimum atomic E-state index is -0.809. The summed E-state index contributed by atoms with van der Waals surface area (Å²) in [5.74, 6) is -0.999. The maximum atomic E-state index is 12.5. The molecule has 0 saturated heterocycles. The maximum absolute atomic E-state index is 12.5. The Morgan fingerprint density at radius 1 is 1.10 bits per heavy atom. The summed E-state index contributed by atoms with van der Waals surface area (Å²) in [5, 5.41) is 16.9. The van der Waals surface area contributed by atoms with Gasteiger partial charge in [0.05, 0.1) is 10.5 Å². The molecule has 0 aliphatic heterocycles. The third-order valence-electron chi connectivity index (χ3n) is 4.48. The van der Waals surface area contributed by atoms with E-state index in [1.54, 1.807) is 0 Å². The number of anilines is 1. The molecule has 154 valence electrons. The number of hydrogen-bond donors (Lipinski definition) is 2. The average molecular weight is 399 g/mol. The molecule has 29 heavy (non-hydrogen) atoms. The number of non-ortho nitro benzene ring substituents is 1. The zero-order valence-electron chi connectivity index (χ0n) is 16.7. The van der Waals surface area contributed by atoms with Crippen molar-refractivity contribution < 1.29 is 19.2 Å². The molecule has 2 N–H and O–H groups in total. The third-order valence-corrected chi connectivity index (χ3v) is 4.48. The van der Waals surface area contributed by atoms with Gasteiger partial charge in [0.15, 0.2) is 6.61 Å². The Morgan fingerprint density at radius 2 is 1.79 bits per heavy atom. The number of rotatable bonds is 9. The summed E-state index contributed by atoms with van der Waals surface area (Å²) < 4.78 is 5.08. The molecule has 2 rings (SSSR count). The molecule has 0 saturated carbocycles. The number of nitrogens with one attached hydrogen (secondary N) is 2. The van der Waals surface area contributed by atoms with Crippen LogP contribution in [-0.2, 0) is 16.1 Å². The van der Waals surface area contributed by atoms with Crippen molar-refractivity contribution in [2.45, 2.75) is 33.4 Å². The maximum Gasteiger partial charge on any atom is 0.341 e. The van der Waals surface area contributed by atoms with Gasteiger partial charge < -0.3 is 15.4 Å². The van der Waals surface area contributed by atoms with Crippen LogP contribution in [0.2, 0.25) is 0 Å². The standard InChI is InChI=1S/C21H25N3O5/c1-14(2)15(3)23-20(25)13-29-21(26)18-11-17(24(27)28)9-10-19(18)22-12-16-7-5-4-6-8-16/h4-11,14-15,22H,12-13H2,1-3H3,(H,23,25)/t15-/m1/s1. The van der Waals surface area contributed by atoms with Crippen LogP contribution in [0.5, 0.6) is 0 Å². The lowest BCUT2D eigenvalue weighted by molar-refractivity contribution is -0.384. The van der Waals surface area contributed by atoms with Crippen molar-refractivity contribution in [2.24, 2.45) is 5.92 Å². The van der Waals surface area contributed by atoms with Crippen LogP contribution < -0.4 is 10.6 Å². The largest absolute Gasteiger partial charge is 0.452 e. The van der Waals surface area contributed by atoms with Crippen LogP contribution in [0.1, 0.15) is 36.7 Å². The molecule has 2 aromatic carbocycles. The van der Waals surface area contributed by atoms with Gasteiger partial charge in [-0.15, -0.1) is 0 Å². The molecular formula is C21H25N3O5. The van der Waals surface area contributed by atoms with E-state index in [1.165, 1.54) is 12.1 Å². The molecule has 1 amide bonds. The number of nitro benzene ring substituents is 1. The fourth-order valence-corrected chi connectivity index (χ4v) is 2.43. The van der Waals surface area contributed by atoms with Crippen molar-refractivity contribution in [1.29, 1.82) is 0 Å². The van der Waals surface area contributed by atoms with E-state index in [4.69, 9.17) is 4.74 Å². The topological polar surface area (TPSA) is 111 Å². The summed E-state index contributed by atoms with van der Waals surface area (Å²) in [6.45, 7) is 5.74. The quantitative estimate of drug-likeness (QED) is 0.379. The summed E-state index contributed by atoms with van der Waals surface area (Å²) in [6, 6.07) is 13.3. The molecule has 0 fully saturated rings. The predicted octanol–water partition coefficient (Wildman–Crippen LogP) is 3.52. The summed E-state index contributed by atoms with van der Waals surface area (Å²) in [5.41, 5.74) is 1.13. The zero-order valence-corrected chi connectivity index (χ0v) is 16.7. The van der Waals surface area contributed by atoms with E-state index in [0.29, 0.717) is 12.2 Å².